The Morgan fingerprint density at radius 2 is 1.75 bits per heavy atom. The Kier molecular flexibility index (Phi) is 5.26. The number of nitrogen functional groups attached to an aromatic ring is 1. The minimum atomic E-state index is 0.189. The van der Waals surface area contributed by atoms with Crippen LogP contribution in [0.3, 0.4) is 0 Å². The largest absolute Gasteiger partial charge is 0.382 e. The third-order valence-corrected chi connectivity index (χ3v) is 5.20. The molecule has 144 valence electrons. The highest BCUT2D eigenvalue weighted by Gasteiger charge is 2.21. The predicted octanol–water partition coefficient (Wildman–Crippen LogP) is 4.90. The number of rotatable bonds is 7. The van der Waals surface area contributed by atoms with Crippen LogP contribution in [0.4, 0.5) is 5.82 Å². The van der Waals surface area contributed by atoms with E-state index in [1.165, 1.54) is 5.56 Å². The average Bonchev–Trinajstić information content (AvgIpc) is 3.12. The number of nitrogens with two attached hydrogens (primary N) is 1. The van der Waals surface area contributed by atoms with Gasteiger partial charge in [0.05, 0.1) is 30.3 Å². The monoisotopic (exact) mass is 374 g/mol. The van der Waals surface area contributed by atoms with E-state index in [9.17, 15) is 0 Å². The molecule has 2 heterocycles. The van der Waals surface area contributed by atoms with E-state index < -0.39 is 0 Å². The SMILES string of the molecule is CCc1nc2c(N)nc3ccccc3c2n1C(CC)COCc1ccccc1. The van der Waals surface area contributed by atoms with Crippen molar-refractivity contribution < 1.29 is 4.74 Å². The lowest BCUT2D eigenvalue weighted by Crippen LogP contribution is -2.17. The fourth-order valence-corrected chi connectivity index (χ4v) is 3.77. The van der Waals surface area contributed by atoms with Crippen LogP contribution in [0.2, 0.25) is 0 Å². The molecule has 2 N–H and O–H groups in total. The molecule has 4 rings (SSSR count). The van der Waals surface area contributed by atoms with E-state index in [0.29, 0.717) is 19.0 Å². The normalized spacial score (nSPS) is 12.6. The second-order valence-corrected chi connectivity index (χ2v) is 7.03. The van der Waals surface area contributed by atoms with Gasteiger partial charge in [0.25, 0.3) is 0 Å². The first-order valence-electron chi connectivity index (χ1n) is 9.89. The van der Waals surface area contributed by atoms with Crippen molar-refractivity contribution >= 4 is 27.8 Å². The molecule has 5 nitrogen and oxygen atoms in total. The Morgan fingerprint density at radius 1 is 1.00 bits per heavy atom. The van der Waals surface area contributed by atoms with Crippen LogP contribution in [-0.4, -0.2) is 21.1 Å². The number of anilines is 1. The fourth-order valence-electron chi connectivity index (χ4n) is 3.77. The molecule has 1 unspecified atom stereocenters. The minimum absolute atomic E-state index is 0.189. The topological polar surface area (TPSA) is 66.0 Å². The fraction of sp³-hybridized carbons (Fsp3) is 0.304. The van der Waals surface area contributed by atoms with Crippen molar-refractivity contribution in [3.8, 4) is 0 Å². The lowest BCUT2D eigenvalue weighted by Gasteiger charge is -2.21. The van der Waals surface area contributed by atoms with Gasteiger partial charge in [0.15, 0.2) is 5.82 Å². The summed E-state index contributed by atoms with van der Waals surface area (Å²) in [7, 11) is 0. The summed E-state index contributed by atoms with van der Waals surface area (Å²) in [5.74, 6) is 1.51. The maximum Gasteiger partial charge on any atom is 0.152 e. The van der Waals surface area contributed by atoms with Crippen molar-refractivity contribution in [1.29, 1.82) is 0 Å². The summed E-state index contributed by atoms with van der Waals surface area (Å²) in [6.45, 7) is 5.55. The van der Waals surface area contributed by atoms with Crippen molar-refractivity contribution in [2.45, 2.75) is 39.3 Å². The first kappa shape index (κ1) is 18.4. The van der Waals surface area contributed by atoms with Gasteiger partial charge < -0.3 is 15.0 Å². The molecule has 5 heteroatoms. The molecule has 0 radical (unpaired) electrons. The highest BCUT2D eigenvalue weighted by atomic mass is 16.5. The molecule has 0 bridgehead atoms. The third-order valence-electron chi connectivity index (χ3n) is 5.20. The van der Waals surface area contributed by atoms with Crippen LogP contribution in [0.5, 0.6) is 0 Å². The van der Waals surface area contributed by atoms with Crippen LogP contribution < -0.4 is 5.73 Å². The number of pyridine rings is 1. The highest BCUT2D eigenvalue weighted by molar-refractivity contribution is 6.06. The second kappa shape index (κ2) is 7.98. The standard InChI is InChI=1S/C23H26N4O/c1-3-17(15-28-14-16-10-6-5-7-11-16)27-20(4-2)26-21-22(27)18-12-8-9-13-19(18)25-23(21)24/h5-13,17H,3-4,14-15H2,1-2H3,(H2,24,25). The number of aryl methyl sites for hydroxylation is 1. The maximum absolute atomic E-state index is 6.26. The summed E-state index contributed by atoms with van der Waals surface area (Å²) >= 11 is 0. The maximum atomic E-state index is 6.26. The molecule has 0 saturated carbocycles. The van der Waals surface area contributed by atoms with E-state index in [1.807, 2.05) is 36.4 Å². The van der Waals surface area contributed by atoms with Gasteiger partial charge in [0, 0.05) is 11.8 Å². The molecule has 0 amide bonds. The summed E-state index contributed by atoms with van der Waals surface area (Å²) in [6, 6.07) is 18.6. The smallest absolute Gasteiger partial charge is 0.152 e. The Hall–Kier alpha value is -2.92. The predicted molar refractivity (Wildman–Crippen MR) is 114 cm³/mol. The molecule has 1 atom stereocenters. The van der Waals surface area contributed by atoms with Crippen LogP contribution >= 0.6 is 0 Å². The van der Waals surface area contributed by atoms with Gasteiger partial charge in [-0.2, -0.15) is 0 Å². The third kappa shape index (κ3) is 3.34. The summed E-state index contributed by atoms with van der Waals surface area (Å²) in [5, 5.41) is 1.08. The van der Waals surface area contributed by atoms with Crippen molar-refractivity contribution in [3.63, 3.8) is 0 Å². The lowest BCUT2D eigenvalue weighted by molar-refractivity contribution is 0.0890. The molecule has 28 heavy (non-hydrogen) atoms. The van der Waals surface area contributed by atoms with Gasteiger partial charge in [-0.15, -0.1) is 0 Å². The number of para-hydroxylation sites is 1. The minimum Gasteiger partial charge on any atom is -0.382 e. The average molecular weight is 374 g/mol. The summed E-state index contributed by atoms with van der Waals surface area (Å²) in [6.07, 6.45) is 1.78. The number of benzene rings is 2. The van der Waals surface area contributed by atoms with E-state index in [0.717, 1.165) is 40.6 Å². The van der Waals surface area contributed by atoms with Crippen molar-refractivity contribution in [2.24, 2.45) is 0 Å². The van der Waals surface area contributed by atoms with E-state index in [1.54, 1.807) is 0 Å². The van der Waals surface area contributed by atoms with Gasteiger partial charge in [-0.05, 0) is 18.1 Å². The molecule has 0 fully saturated rings. The number of fused-ring (bicyclic) bond motifs is 3. The van der Waals surface area contributed by atoms with Gasteiger partial charge >= 0.3 is 0 Å². The molecule has 4 aromatic rings. The Labute approximate surface area is 165 Å². The number of aromatic nitrogens is 3. The van der Waals surface area contributed by atoms with Gasteiger partial charge in [-0.3, -0.25) is 0 Å². The molecule has 0 saturated heterocycles. The molecule has 0 aliphatic carbocycles. The molecular weight excluding hydrogens is 348 g/mol. The number of imidazole rings is 1. The second-order valence-electron chi connectivity index (χ2n) is 7.03. The molecule has 2 aromatic heterocycles. The van der Waals surface area contributed by atoms with Crippen LogP contribution in [-0.2, 0) is 17.8 Å². The van der Waals surface area contributed by atoms with Gasteiger partial charge in [0.2, 0.25) is 0 Å². The molecule has 0 aliphatic rings. The zero-order chi connectivity index (χ0) is 19.5. The molecule has 0 spiro atoms. The first-order chi connectivity index (χ1) is 13.7. The summed E-state index contributed by atoms with van der Waals surface area (Å²) in [4.78, 5) is 9.39. The van der Waals surface area contributed by atoms with Crippen LogP contribution in [0, 0.1) is 0 Å². The Balaban J connectivity index is 1.74. The van der Waals surface area contributed by atoms with E-state index in [4.69, 9.17) is 15.5 Å². The zero-order valence-corrected chi connectivity index (χ0v) is 16.4. The van der Waals surface area contributed by atoms with Crippen molar-refractivity contribution in [3.05, 3.63) is 66.0 Å². The van der Waals surface area contributed by atoms with Crippen molar-refractivity contribution in [1.82, 2.24) is 14.5 Å². The van der Waals surface area contributed by atoms with Crippen molar-refractivity contribution in [2.75, 3.05) is 12.3 Å². The number of hydrogen-bond donors (Lipinski definition) is 1. The number of hydrogen-bond acceptors (Lipinski definition) is 4. The van der Waals surface area contributed by atoms with Crippen LogP contribution in [0.25, 0.3) is 21.9 Å². The van der Waals surface area contributed by atoms with Crippen LogP contribution in [0.15, 0.2) is 54.6 Å². The van der Waals surface area contributed by atoms with E-state index in [2.05, 4.69) is 41.6 Å². The Bertz CT molecular complexity index is 1090. The Morgan fingerprint density at radius 3 is 2.50 bits per heavy atom. The number of ether oxygens (including phenoxy) is 1. The zero-order valence-electron chi connectivity index (χ0n) is 16.4. The van der Waals surface area contributed by atoms with E-state index >= 15 is 0 Å². The van der Waals surface area contributed by atoms with Gasteiger partial charge in [-0.25, -0.2) is 9.97 Å². The summed E-state index contributed by atoms with van der Waals surface area (Å²) < 4.78 is 8.41. The highest BCUT2D eigenvalue weighted by Crippen LogP contribution is 2.32. The molecule has 2 aromatic carbocycles. The molecular formula is C23H26N4O. The van der Waals surface area contributed by atoms with Gasteiger partial charge in [0.1, 0.15) is 11.3 Å². The first-order valence-corrected chi connectivity index (χ1v) is 9.89. The molecule has 0 aliphatic heterocycles. The summed E-state index contributed by atoms with van der Waals surface area (Å²) in [5.41, 5.74) is 10.2. The van der Waals surface area contributed by atoms with E-state index in [-0.39, 0.29) is 6.04 Å². The number of nitrogens with zero attached hydrogens (tertiary/aromatic N) is 3. The van der Waals surface area contributed by atoms with Crippen LogP contribution in [0.1, 0.15) is 37.7 Å². The quantitative estimate of drug-likeness (QED) is 0.500. The van der Waals surface area contributed by atoms with Gasteiger partial charge in [-0.1, -0.05) is 62.4 Å². The lowest BCUT2D eigenvalue weighted by atomic mass is 10.1.